The molecule has 9 heteroatoms. The van der Waals surface area contributed by atoms with Crippen molar-refractivity contribution < 1.29 is 14.6 Å². The predicted molar refractivity (Wildman–Crippen MR) is 108 cm³/mol. The van der Waals surface area contributed by atoms with Crippen LogP contribution in [0.1, 0.15) is 58.9 Å². The van der Waals surface area contributed by atoms with Crippen molar-refractivity contribution in [2.75, 3.05) is 13.7 Å². The summed E-state index contributed by atoms with van der Waals surface area (Å²) in [5.41, 5.74) is 3.49. The highest BCUT2D eigenvalue weighted by molar-refractivity contribution is 6.04. The first-order valence-corrected chi connectivity index (χ1v) is 10.2. The molecule has 0 aliphatic heterocycles. The summed E-state index contributed by atoms with van der Waals surface area (Å²) < 4.78 is 7.21. The number of carbonyl (C=O) groups is 1. The Kier molecular flexibility index (Phi) is 4.43. The van der Waals surface area contributed by atoms with Crippen molar-refractivity contribution >= 4 is 17.1 Å². The van der Waals surface area contributed by atoms with Crippen LogP contribution in [-0.4, -0.2) is 54.8 Å². The van der Waals surface area contributed by atoms with Crippen molar-refractivity contribution in [2.45, 2.75) is 50.7 Å². The third-order valence-electron chi connectivity index (χ3n) is 5.89. The van der Waals surface area contributed by atoms with Crippen molar-refractivity contribution in [1.82, 2.24) is 29.8 Å². The minimum Gasteiger partial charge on any atom is -0.481 e. The SMILES string of the molecule is COc1ncnc(Cn2cc(C(=O)NCC3(O)CC3)c3ncc(C4CC4)nc32)c1C. The van der Waals surface area contributed by atoms with Crippen LogP contribution in [0.2, 0.25) is 0 Å². The number of nitrogens with zero attached hydrogens (tertiary/aromatic N) is 5. The lowest BCUT2D eigenvalue weighted by Crippen LogP contribution is -2.33. The Morgan fingerprint density at radius 3 is 2.83 bits per heavy atom. The lowest BCUT2D eigenvalue weighted by Gasteiger charge is -2.10. The fourth-order valence-corrected chi connectivity index (χ4v) is 3.58. The first-order valence-electron chi connectivity index (χ1n) is 10.2. The number of methoxy groups -OCH3 is 1. The zero-order valence-electron chi connectivity index (χ0n) is 17.1. The maximum absolute atomic E-state index is 12.8. The van der Waals surface area contributed by atoms with Crippen LogP contribution >= 0.6 is 0 Å². The molecule has 2 N–H and O–H groups in total. The molecule has 2 aliphatic carbocycles. The van der Waals surface area contributed by atoms with Gasteiger partial charge in [-0.05, 0) is 32.6 Å². The molecule has 0 bridgehead atoms. The minimum atomic E-state index is -0.756. The molecule has 0 unspecified atom stereocenters. The van der Waals surface area contributed by atoms with Gasteiger partial charge in [-0.15, -0.1) is 0 Å². The monoisotopic (exact) mass is 408 g/mol. The maximum Gasteiger partial charge on any atom is 0.255 e. The fraction of sp³-hybridized carbons (Fsp3) is 0.476. The number of hydrogen-bond acceptors (Lipinski definition) is 7. The Labute approximate surface area is 173 Å². The highest BCUT2D eigenvalue weighted by atomic mass is 16.5. The van der Waals surface area contributed by atoms with Crippen molar-refractivity contribution in [3.63, 3.8) is 0 Å². The van der Waals surface area contributed by atoms with E-state index < -0.39 is 5.60 Å². The third-order valence-corrected chi connectivity index (χ3v) is 5.89. The van der Waals surface area contributed by atoms with Gasteiger partial charge < -0.3 is 19.7 Å². The Morgan fingerprint density at radius 1 is 1.33 bits per heavy atom. The van der Waals surface area contributed by atoms with Gasteiger partial charge in [-0.3, -0.25) is 9.78 Å². The van der Waals surface area contributed by atoms with Gasteiger partial charge in [0.05, 0.1) is 36.2 Å². The van der Waals surface area contributed by atoms with Crippen molar-refractivity contribution in [3.8, 4) is 5.88 Å². The van der Waals surface area contributed by atoms with E-state index in [0.29, 0.717) is 47.9 Å². The average molecular weight is 408 g/mol. The first-order chi connectivity index (χ1) is 14.5. The topological polar surface area (TPSA) is 115 Å². The Hall–Kier alpha value is -3.07. The van der Waals surface area contributed by atoms with Crippen molar-refractivity contribution in [2.24, 2.45) is 0 Å². The molecule has 1 amide bonds. The van der Waals surface area contributed by atoms with Crippen LogP contribution in [-0.2, 0) is 6.54 Å². The molecule has 30 heavy (non-hydrogen) atoms. The molecule has 9 nitrogen and oxygen atoms in total. The summed E-state index contributed by atoms with van der Waals surface area (Å²) in [6.45, 7) is 2.57. The molecule has 0 atom stereocenters. The third kappa shape index (κ3) is 3.49. The van der Waals surface area contributed by atoms with Gasteiger partial charge in [0.2, 0.25) is 5.88 Å². The van der Waals surface area contributed by atoms with Crippen LogP contribution in [0, 0.1) is 6.92 Å². The lowest BCUT2D eigenvalue weighted by atomic mass is 10.2. The van der Waals surface area contributed by atoms with Crippen LogP contribution in [0.4, 0.5) is 0 Å². The summed E-state index contributed by atoms with van der Waals surface area (Å²) in [6.07, 6.45) is 8.68. The second kappa shape index (κ2) is 7.02. The molecule has 3 heterocycles. The van der Waals surface area contributed by atoms with E-state index in [1.54, 1.807) is 19.5 Å². The average Bonchev–Trinajstić information content (AvgIpc) is 3.68. The number of fused-ring (bicyclic) bond motifs is 1. The van der Waals surface area contributed by atoms with E-state index in [1.165, 1.54) is 6.33 Å². The summed E-state index contributed by atoms with van der Waals surface area (Å²) >= 11 is 0. The van der Waals surface area contributed by atoms with E-state index >= 15 is 0 Å². The number of aliphatic hydroxyl groups is 1. The molecule has 156 valence electrons. The first kappa shape index (κ1) is 18.9. The van der Waals surface area contributed by atoms with Gasteiger partial charge in [-0.25, -0.2) is 15.0 Å². The molecule has 2 saturated carbocycles. The molecule has 0 spiro atoms. The molecule has 2 aliphatic rings. The summed E-state index contributed by atoms with van der Waals surface area (Å²) in [6, 6.07) is 0. The van der Waals surface area contributed by atoms with Gasteiger partial charge in [0.25, 0.3) is 5.91 Å². The van der Waals surface area contributed by atoms with Gasteiger partial charge in [-0.2, -0.15) is 0 Å². The van der Waals surface area contributed by atoms with Crippen LogP contribution < -0.4 is 10.1 Å². The minimum absolute atomic E-state index is 0.244. The molecule has 5 rings (SSSR count). The molecular weight excluding hydrogens is 384 g/mol. The summed E-state index contributed by atoms with van der Waals surface area (Å²) in [5, 5.41) is 12.9. The molecule has 0 radical (unpaired) electrons. The normalized spacial score (nSPS) is 17.2. The molecule has 0 aromatic carbocycles. The van der Waals surface area contributed by atoms with Crippen LogP contribution in [0.3, 0.4) is 0 Å². The van der Waals surface area contributed by atoms with Gasteiger partial charge in [0, 0.05) is 30.4 Å². The Morgan fingerprint density at radius 2 is 2.13 bits per heavy atom. The number of hydrogen-bond donors (Lipinski definition) is 2. The van der Waals surface area contributed by atoms with E-state index in [4.69, 9.17) is 9.72 Å². The molecule has 0 saturated heterocycles. The number of nitrogens with one attached hydrogen (secondary N) is 1. The smallest absolute Gasteiger partial charge is 0.255 e. The highest BCUT2D eigenvalue weighted by Crippen LogP contribution is 2.39. The number of ether oxygens (including phenoxy) is 1. The summed E-state index contributed by atoms with van der Waals surface area (Å²) in [5.74, 6) is 0.717. The zero-order valence-corrected chi connectivity index (χ0v) is 17.1. The standard InChI is InChI=1S/C21H24N6O3/c1-12-16(24-11-25-20(12)30-2)9-27-8-14(19(28)23-10-21(29)5-6-21)17-18(27)26-15(7-22-17)13-3-4-13/h7-8,11,13,29H,3-6,9-10H2,1-2H3,(H,23,28). The largest absolute Gasteiger partial charge is 0.481 e. The van der Waals surface area contributed by atoms with Gasteiger partial charge in [0.1, 0.15) is 11.8 Å². The van der Waals surface area contributed by atoms with E-state index in [0.717, 1.165) is 29.8 Å². The highest BCUT2D eigenvalue weighted by Gasteiger charge is 2.40. The second-order valence-corrected chi connectivity index (χ2v) is 8.27. The predicted octanol–water partition coefficient (Wildman–Crippen LogP) is 1.72. The maximum atomic E-state index is 12.8. The summed E-state index contributed by atoms with van der Waals surface area (Å²) in [4.78, 5) is 30.8. The Bertz CT molecular complexity index is 1130. The number of carbonyl (C=O) groups excluding carboxylic acids is 1. The van der Waals surface area contributed by atoms with E-state index in [-0.39, 0.29) is 12.5 Å². The Balaban J connectivity index is 1.52. The number of aromatic nitrogens is 5. The van der Waals surface area contributed by atoms with Crippen LogP contribution in [0.25, 0.3) is 11.2 Å². The van der Waals surface area contributed by atoms with Gasteiger partial charge >= 0.3 is 0 Å². The molecule has 3 aromatic heterocycles. The van der Waals surface area contributed by atoms with Crippen molar-refractivity contribution in [3.05, 3.63) is 41.2 Å². The van der Waals surface area contributed by atoms with Crippen LogP contribution in [0.5, 0.6) is 5.88 Å². The van der Waals surface area contributed by atoms with E-state index in [2.05, 4.69) is 20.3 Å². The van der Waals surface area contributed by atoms with Gasteiger partial charge in [-0.1, -0.05) is 0 Å². The zero-order chi connectivity index (χ0) is 20.9. The molecule has 3 aromatic rings. The van der Waals surface area contributed by atoms with E-state index in [9.17, 15) is 9.90 Å². The van der Waals surface area contributed by atoms with Crippen molar-refractivity contribution in [1.29, 1.82) is 0 Å². The quantitative estimate of drug-likeness (QED) is 0.612. The van der Waals surface area contributed by atoms with E-state index in [1.807, 2.05) is 11.5 Å². The number of rotatable bonds is 7. The second-order valence-electron chi connectivity index (χ2n) is 8.27. The number of amides is 1. The lowest BCUT2D eigenvalue weighted by molar-refractivity contribution is 0.0897. The fourth-order valence-electron chi connectivity index (χ4n) is 3.58. The van der Waals surface area contributed by atoms with Crippen LogP contribution in [0.15, 0.2) is 18.7 Å². The molecule has 2 fully saturated rings. The summed E-state index contributed by atoms with van der Waals surface area (Å²) in [7, 11) is 1.58. The van der Waals surface area contributed by atoms with Gasteiger partial charge in [0.15, 0.2) is 5.65 Å². The molecular formula is C21H24N6O3.